The van der Waals surface area contributed by atoms with Crippen molar-refractivity contribution in [1.82, 2.24) is 0 Å². The average molecular weight is 259 g/mol. The van der Waals surface area contributed by atoms with Gasteiger partial charge in [0.1, 0.15) is 0 Å². The van der Waals surface area contributed by atoms with E-state index in [0.29, 0.717) is 17.7 Å². The number of carbonyl (C=O) groups is 2. The van der Waals surface area contributed by atoms with Gasteiger partial charge in [0, 0.05) is 17.1 Å². The first kappa shape index (κ1) is 13.1. The van der Waals surface area contributed by atoms with Crippen LogP contribution in [0.4, 0.5) is 0 Å². The first-order valence-corrected chi connectivity index (χ1v) is 5.99. The molecule has 0 spiro atoms. The molecule has 0 heterocycles. The second-order valence-corrected chi connectivity index (χ2v) is 4.56. The highest BCUT2D eigenvalue weighted by atomic mass is 35.5. The summed E-state index contributed by atoms with van der Waals surface area (Å²) in [5.41, 5.74) is 0.514. The molecule has 16 heavy (non-hydrogen) atoms. The predicted octanol–water partition coefficient (Wildman–Crippen LogP) is 2.72. The molecule has 0 saturated carbocycles. The first-order chi connectivity index (χ1) is 7.63. The number of ether oxygens (including phenoxy) is 1. The van der Waals surface area contributed by atoms with Gasteiger partial charge in [-0.3, -0.25) is 4.79 Å². The average Bonchev–Trinajstić information content (AvgIpc) is 2.28. The maximum Gasteiger partial charge on any atom is 0.337 e. The summed E-state index contributed by atoms with van der Waals surface area (Å²) in [6.45, 7) is 0. The number of halogens is 1. The van der Waals surface area contributed by atoms with Crippen LogP contribution in [0.5, 0.6) is 0 Å². The third-order valence-electron chi connectivity index (χ3n) is 1.84. The van der Waals surface area contributed by atoms with Gasteiger partial charge in [-0.05, 0) is 35.9 Å². The summed E-state index contributed by atoms with van der Waals surface area (Å²) in [5, 5.41) is -0.335. The van der Waals surface area contributed by atoms with Crippen LogP contribution in [0.25, 0.3) is 0 Å². The monoisotopic (exact) mass is 258 g/mol. The molecule has 5 heteroatoms. The number of hydrogen-bond acceptors (Lipinski definition) is 4. The lowest BCUT2D eigenvalue weighted by Gasteiger charge is -2.01. The third kappa shape index (κ3) is 4.24. The van der Waals surface area contributed by atoms with Gasteiger partial charge < -0.3 is 4.74 Å². The van der Waals surface area contributed by atoms with Crippen molar-refractivity contribution in [3.8, 4) is 0 Å². The largest absolute Gasteiger partial charge is 0.465 e. The van der Waals surface area contributed by atoms with E-state index in [1.54, 1.807) is 12.1 Å². The van der Waals surface area contributed by atoms with Crippen molar-refractivity contribution in [2.24, 2.45) is 0 Å². The van der Waals surface area contributed by atoms with Gasteiger partial charge in [0.15, 0.2) is 0 Å². The highest BCUT2D eigenvalue weighted by Crippen LogP contribution is 2.19. The van der Waals surface area contributed by atoms with E-state index in [1.807, 2.05) is 12.1 Å². The molecule has 0 aliphatic heterocycles. The van der Waals surface area contributed by atoms with Gasteiger partial charge in [-0.2, -0.15) is 0 Å². The molecule has 0 aromatic heterocycles. The second kappa shape index (κ2) is 6.55. The van der Waals surface area contributed by atoms with E-state index in [1.165, 1.54) is 18.9 Å². The molecule has 0 bridgehead atoms. The Balaban J connectivity index is 2.51. The van der Waals surface area contributed by atoms with Gasteiger partial charge in [0.2, 0.25) is 5.24 Å². The van der Waals surface area contributed by atoms with Crippen molar-refractivity contribution in [1.29, 1.82) is 0 Å². The Morgan fingerprint density at radius 2 is 1.94 bits per heavy atom. The molecule has 3 nitrogen and oxygen atoms in total. The number of esters is 1. The van der Waals surface area contributed by atoms with Crippen LogP contribution in [0.1, 0.15) is 16.8 Å². The Morgan fingerprint density at radius 3 is 2.44 bits per heavy atom. The number of methoxy groups -OCH3 is 1. The van der Waals surface area contributed by atoms with Gasteiger partial charge in [0.25, 0.3) is 0 Å². The quantitative estimate of drug-likeness (QED) is 0.463. The second-order valence-electron chi connectivity index (χ2n) is 2.97. The predicted molar refractivity (Wildman–Crippen MR) is 64.0 cm³/mol. The minimum absolute atomic E-state index is 0.335. The van der Waals surface area contributed by atoms with Gasteiger partial charge in [-0.1, -0.05) is 0 Å². The maximum atomic E-state index is 11.1. The fourth-order valence-corrected chi connectivity index (χ4v) is 2.11. The van der Waals surface area contributed by atoms with Crippen LogP contribution >= 0.6 is 23.4 Å². The Kier molecular flexibility index (Phi) is 5.35. The van der Waals surface area contributed by atoms with E-state index in [-0.39, 0.29) is 11.2 Å². The van der Waals surface area contributed by atoms with Crippen molar-refractivity contribution in [3.63, 3.8) is 0 Å². The summed E-state index contributed by atoms with van der Waals surface area (Å²) in [4.78, 5) is 22.6. The van der Waals surface area contributed by atoms with E-state index in [0.717, 1.165) is 4.90 Å². The van der Waals surface area contributed by atoms with Crippen LogP contribution in [0.2, 0.25) is 0 Å². The lowest BCUT2D eigenvalue weighted by Crippen LogP contribution is -2.00. The molecule has 0 aliphatic rings. The smallest absolute Gasteiger partial charge is 0.337 e. The van der Waals surface area contributed by atoms with E-state index in [9.17, 15) is 9.59 Å². The number of rotatable bonds is 5. The summed E-state index contributed by atoms with van der Waals surface area (Å²) in [6.07, 6.45) is 0.338. The van der Waals surface area contributed by atoms with E-state index < -0.39 is 0 Å². The maximum absolute atomic E-state index is 11.1. The van der Waals surface area contributed by atoms with Crippen molar-refractivity contribution in [2.75, 3.05) is 12.9 Å². The Bertz CT molecular complexity index is 375. The fraction of sp³-hybridized carbons (Fsp3) is 0.273. The minimum Gasteiger partial charge on any atom is -0.465 e. The molecule has 0 aliphatic carbocycles. The lowest BCUT2D eigenvalue weighted by atomic mass is 10.2. The van der Waals surface area contributed by atoms with Crippen LogP contribution in [0.3, 0.4) is 0 Å². The first-order valence-electron chi connectivity index (χ1n) is 4.63. The molecule has 0 saturated heterocycles. The molecule has 0 amide bonds. The standard InChI is InChI=1S/C11H11ClO3S/c1-15-11(14)8-2-4-9(5-3-8)16-7-6-10(12)13/h2-5H,6-7H2,1H3. The normalized spacial score (nSPS) is 9.88. The molecule has 0 unspecified atom stereocenters. The van der Waals surface area contributed by atoms with Crippen LogP contribution in [0, 0.1) is 0 Å². The highest BCUT2D eigenvalue weighted by Gasteiger charge is 2.04. The number of thioether (sulfide) groups is 1. The Labute approximate surface area is 103 Å². The van der Waals surface area contributed by atoms with Gasteiger partial charge in [-0.15, -0.1) is 11.8 Å². The van der Waals surface area contributed by atoms with Crippen molar-refractivity contribution in [2.45, 2.75) is 11.3 Å². The molecular weight excluding hydrogens is 248 g/mol. The summed E-state index contributed by atoms with van der Waals surface area (Å²) in [7, 11) is 1.34. The molecule has 0 N–H and O–H groups in total. The van der Waals surface area contributed by atoms with Gasteiger partial charge >= 0.3 is 5.97 Å². The summed E-state index contributed by atoms with van der Waals surface area (Å²) in [5.74, 6) is 0.285. The van der Waals surface area contributed by atoms with Crippen molar-refractivity contribution >= 4 is 34.6 Å². The zero-order valence-corrected chi connectivity index (χ0v) is 10.3. The third-order valence-corrected chi connectivity index (χ3v) is 3.05. The molecule has 1 aromatic carbocycles. The Hall–Kier alpha value is -1.00. The van der Waals surface area contributed by atoms with Gasteiger partial charge in [-0.25, -0.2) is 4.79 Å². The lowest BCUT2D eigenvalue weighted by molar-refractivity contribution is -0.111. The van der Waals surface area contributed by atoms with Crippen molar-refractivity contribution in [3.05, 3.63) is 29.8 Å². The van der Waals surface area contributed by atoms with E-state index in [2.05, 4.69) is 4.74 Å². The molecule has 1 aromatic rings. The molecule has 86 valence electrons. The summed E-state index contributed by atoms with van der Waals surface area (Å²) >= 11 is 6.74. The molecule has 0 atom stereocenters. The molecular formula is C11H11ClO3S. The number of carbonyl (C=O) groups excluding carboxylic acids is 2. The van der Waals surface area contributed by atoms with Crippen LogP contribution in [0.15, 0.2) is 29.2 Å². The zero-order valence-electron chi connectivity index (χ0n) is 8.73. The molecule has 1 rings (SSSR count). The summed E-state index contributed by atoms with van der Waals surface area (Å²) in [6, 6.07) is 7.01. The topological polar surface area (TPSA) is 43.4 Å². The van der Waals surface area contributed by atoms with E-state index in [4.69, 9.17) is 11.6 Å². The fourth-order valence-electron chi connectivity index (χ4n) is 1.05. The highest BCUT2D eigenvalue weighted by molar-refractivity contribution is 7.99. The van der Waals surface area contributed by atoms with Crippen LogP contribution in [-0.4, -0.2) is 24.1 Å². The van der Waals surface area contributed by atoms with E-state index >= 15 is 0 Å². The van der Waals surface area contributed by atoms with Crippen molar-refractivity contribution < 1.29 is 14.3 Å². The Morgan fingerprint density at radius 1 is 1.31 bits per heavy atom. The molecule has 0 fully saturated rings. The number of hydrogen-bond donors (Lipinski definition) is 0. The zero-order chi connectivity index (χ0) is 12.0. The van der Waals surface area contributed by atoms with Gasteiger partial charge in [0.05, 0.1) is 12.7 Å². The number of benzene rings is 1. The van der Waals surface area contributed by atoms with Crippen LogP contribution in [-0.2, 0) is 9.53 Å². The SMILES string of the molecule is COC(=O)c1ccc(SCCC(=O)Cl)cc1. The molecule has 0 radical (unpaired) electrons. The minimum atomic E-state index is -0.354. The summed E-state index contributed by atoms with van der Waals surface area (Å²) < 4.78 is 4.58. The van der Waals surface area contributed by atoms with Crippen LogP contribution < -0.4 is 0 Å².